The zero-order chi connectivity index (χ0) is 18.6. The van der Waals surface area contributed by atoms with E-state index >= 15 is 0 Å². The molecule has 0 fully saturated rings. The first kappa shape index (κ1) is 20.0. The lowest BCUT2D eigenvalue weighted by Crippen LogP contribution is -2.06. The summed E-state index contributed by atoms with van der Waals surface area (Å²) in [5, 5.41) is 4.01. The van der Waals surface area contributed by atoms with E-state index in [0.717, 1.165) is 48.3 Å². The van der Waals surface area contributed by atoms with Crippen LogP contribution in [0.1, 0.15) is 47.7 Å². The third-order valence-corrected chi connectivity index (χ3v) is 5.10. The number of halogens is 2. The van der Waals surface area contributed by atoms with Gasteiger partial charge in [-0.15, -0.1) is 11.6 Å². The molecule has 0 atom stereocenters. The van der Waals surface area contributed by atoms with E-state index in [1.54, 1.807) is 0 Å². The molecule has 1 heterocycles. The second kappa shape index (κ2) is 8.86. The predicted octanol–water partition coefficient (Wildman–Crippen LogP) is 6.02. The van der Waals surface area contributed by atoms with Crippen LogP contribution in [0.3, 0.4) is 0 Å². The first-order valence-corrected chi connectivity index (χ1v) is 9.75. The summed E-state index contributed by atoms with van der Waals surface area (Å²) >= 11 is 12.3. The van der Waals surface area contributed by atoms with Gasteiger partial charge in [-0.2, -0.15) is 0 Å². The molecule has 0 saturated heterocycles. The monoisotopic (exact) mass is 379 g/mol. The molecule has 0 spiro atoms. The van der Waals surface area contributed by atoms with E-state index in [4.69, 9.17) is 28.2 Å². The summed E-state index contributed by atoms with van der Waals surface area (Å²) in [5.41, 5.74) is 7.79. The van der Waals surface area contributed by atoms with Crippen LogP contribution in [0.5, 0.6) is 0 Å². The SMILES string of the molecule is CCNc1c(C)cc(C)c(-c2nc(C)c(CCCCCl)c(Cl)n2)c1C. The fraction of sp³-hybridized carbons (Fsp3) is 0.500. The molecule has 5 heteroatoms. The molecule has 136 valence electrons. The summed E-state index contributed by atoms with van der Waals surface area (Å²) in [6.45, 7) is 11.3. The van der Waals surface area contributed by atoms with Crippen LogP contribution in [0, 0.1) is 27.7 Å². The molecule has 0 aliphatic heterocycles. The zero-order valence-electron chi connectivity index (χ0n) is 15.8. The average molecular weight is 380 g/mol. The number of unbranched alkanes of at least 4 members (excludes halogenated alkanes) is 1. The molecule has 0 unspecified atom stereocenters. The van der Waals surface area contributed by atoms with Crippen LogP contribution in [-0.2, 0) is 6.42 Å². The highest BCUT2D eigenvalue weighted by atomic mass is 35.5. The van der Waals surface area contributed by atoms with Gasteiger partial charge in [0, 0.05) is 34.9 Å². The molecule has 0 saturated carbocycles. The van der Waals surface area contributed by atoms with Gasteiger partial charge in [0.25, 0.3) is 0 Å². The molecule has 25 heavy (non-hydrogen) atoms. The number of benzene rings is 1. The molecule has 1 N–H and O–H groups in total. The Kier molecular flexibility index (Phi) is 7.09. The number of rotatable bonds is 7. The Morgan fingerprint density at radius 3 is 2.36 bits per heavy atom. The second-order valence-electron chi connectivity index (χ2n) is 6.46. The summed E-state index contributed by atoms with van der Waals surface area (Å²) in [4.78, 5) is 9.41. The minimum Gasteiger partial charge on any atom is -0.385 e. The van der Waals surface area contributed by atoms with Gasteiger partial charge in [-0.05, 0) is 70.6 Å². The lowest BCUT2D eigenvalue weighted by atomic mass is 9.96. The Labute approximate surface area is 161 Å². The van der Waals surface area contributed by atoms with Crippen molar-refractivity contribution in [3.8, 4) is 11.4 Å². The van der Waals surface area contributed by atoms with Gasteiger partial charge in [0.1, 0.15) is 5.15 Å². The minimum absolute atomic E-state index is 0.557. The molecular weight excluding hydrogens is 353 g/mol. The quantitative estimate of drug-likeness (QED) is 0.362. The summed E-state index contributed by atoms with van der Waals surface area (Å²) in [6, 6.07) is 2.18. The fourth-order valence-electron chi connectivity index (χ4n) is 3.33. The molecule has 0 aliphatic rings. The third-order valence-electron chi connectivity index (χ3n) is 4.52. The standard InChI is InChI=1S/C20H27Cl2N3/c1-6-23-18-13(3)11-12(2)17(14(18)4)20-24-15(5)16(19(22)25-20)9-7-8-10-21/h11,23H,6-10H2,1-5H3. The van der Waals surface area contributed by atoms with Crippen molar-refractivity contribution in [1.29, 1.82) is 0 Å². The minimum atomic E-state index is 0.557. The Hall–Kier alpha value is -1.32. The molecule has 0 aliphatic carbocycles. The van der Waals surface area contributed by atoms with Crippen molar-refractivity contribution in [2.45, 2.75) is 53.9 Å². The maximum Gasteiger partial charge on any atom is 0.161 e. The van der Waals surface area contributed by atoms with E-state index in [1.807, 2.05) is 6.92 Å². The van der Waals surface area contributed by atoms with Crippen molar-refractivity contribution in [1.82, 2.24) is 9.97 Å². The number of alkyl halides is 1. The normalized spacial score (nSPS) is 11.0. The highest BCUT2D eigenvalue weighted by Crippen LogP contribution is 2.34. The molecule has 3 nitrogen and oxygen atoms in total. The van der Waals surface area contributed by atoms with Gasteiger partial charge in [0.05, 0.1) is 0 Å². The molecule has 1 aromatic heterocycles. The summed E-state index contributed by atoms with van der Waals surface area (Å²) in [6.07, 6.45) is 2.84. The Morgan fingerprint density at radius 1 is 1.04 bits per heavy atom. The van der Waals surface area contributed by atoms with Gasteiger partial charge in [0.15, 0.2) is 5.82 Å². The van der Waals surface area contributed by atoms with E-state index < -0.39 is 0 Å². The lowest BCUT2D eigenvalue weighted by Gasteiger charge is -2.18. The van der Waals surface area contributed by atoms with Crippen LogP contribution < -0.4 is 5.32 Å². The molecule has 0 bridgehead atoms. The van der Waals surface area contributed by atoms with Gasteiger partial charge in [-0.3, -0.25) is 0 Å². The predicted molar refractivity (Wildman–Crippen MR) is 109 cm³/mol. The number of nitrogens with zero attached hydrogens (tertiary/aromatic N) is 2. The average Bonchev–Trinajstić information content (AvgIpc) is 2.54. The highest BCUT2D eigenvalue weighted by Gasteiger charge is 2.17. The summed E-state index contributed by atoms with van der Waals surface area (Å²) in [5.74, 6) is 1.38. The van der Waals surface area contributed by atoms with E-state index in [2.05, 4.69) is 44.1 Å². The lowest BCUT2D eigenvalue weighted by molar-refractivity contribution is 0.786. The van der Waals surface area contributed by atoms with E-state index in [1.165, 1.54) is 16.7 Å². The fourth-order valence-corrected chi connectivity index (χ4v) is 3.83. The van der Waals surface area contributed by atoms with Crippen molar-refractivity contribution < 1.29 is 0 Å². The van der Waals surface area contributed by atoms with E-state index in [9.17, 15) is 0 Å². The smallest absolute Gasteiger partial charge is 0.161 e. The molecule has 0 radical (unpaired) electrons. The second-order valence-corrected chi connectivity index (χ2v) is 7.20. The van der Waals surface area contributed by atoms with E-state index in [-0.39, 0.29) is 0 Å². The summed E-state index contributed by atoms with van der Waals surface area (Å²) < 4.78 is 0. The number of hydrogen-bond donors (Lipinski definition) is 1. The van der Waals surface area contributed by atoms with Crippen LogP contribution in [0.4, 0.5) is 5.69 Å². The molecule has 2 rings (SSSR count). The third kappa shape index (κ3) is 4.45. The number of hydrogen-bond acceptors (Lipinski definition) is 3. The van der Waals surface area contributed by atoms with Crippen LogP contribution >= 0.6 is 23.2 Å². The first-order chi connectivity index (χ1) is 11.9. The first-order valence-electron chi connectivity index (χ1n) is 8.84. The Morgan fingerprint density at radius 2 is 1.76 bits per heavy atom. The number of aromatic nitrogens is 2. The van der Waals surface area contributed by atoms with Crippen molar-refractivity contribution in [2.24, 2.45) is 0 Å². The van der Waals surface area contributed by atoms with Crippen LogP contribution in [0.25, 0.3) is 11.4 Å². The zero-order valence-corrected chi connectivity index (χ0v) is 17.3. The highest BCUT2D eigenvalue weighted by molar-refractivity contribution is 6.30. The number of aryl methyl sites for hydroxylation is 3. The topological polar surface area (TPSA) is 37.8 Å². The van der Waals surface area contributed by atoms with Gasteiger partial charge >= 0.3 is 0 Å². The van der Waals surface area contributed by atoms with Crippen molar-refractivity contribution in [3.05, 3.63) is 39.2 Å². The van der Waals surface area contributed by atoms with E-state index in [0.29, 0.717) is 16.9 Å². The molecular formula is C20H27Cl2N3. The van der Waals surface area contributed by atoms with Crippen molar-refractivity contribution in [2.75, 3.05) is 17.7 Å². The van der Waals surface area contributed by atoms with Gasteiger partial charge in [-0.25, -0.2) is 9.97 Å². The Bertz CT molecular complexity index is 734. The maximum absolute atomic E-state index is 6.50. The molecule has 1 aromatic carbocycles. The van der Waals surface area contributed by atoms with Gasteiger partial charge < -0.3 is 5.32 Å². The Balaban J connectivity index is 2.50. The van der Waals surface area contributed by atoms with Gasteiger partial charge in [0.2, 0.25) is 0 Å². The van der Waals surface area contributed by atoms with Crippen molar-refractivity contribution in [3.63, 3.8) is 0 Å². The van der Waals surface area contributed by atoms with Gasteiger partial charge in [-0.1, -0.05) is 17.7 Å². The van der Waals surface area contributed by atoms with Crippen LogP contribution in [0.2, 0.25) is 5.15 Å². The molecule has 0 amide bonds. The van der Waals surface area contributed by atoms with Crippen LogP contribution in [-0.4, -0.2) is 22.4 Å². The van der Waals surface area contributed by atoms with Crippen molar-refractivity contribution >= 4 is 28.9 Å². The number of anilines is 1. The molecule has 2 aromatic rings. The largest absolute Gasteiger partial charge is 0.385 e. The van der Waals surface area contributed by atoms with Crippen LogP contribution in [0.15, 0.2) is 6.07 Å². The number of nitrogens with one attached hydrogen (secondary N) is 1. The summed E-state index contributed by atoms with van der Waals surface area (Å²) in [7, 11) is 0. The maximum atomic E-state index is 6.50.